The smallest absolute Gasteiger partial charge is 0.0715 e. The van der Waals surface area contributed by atoms with Gasteiger partial charge in [0.1, 0.15) is 0 Å². The van der Waals surface area contributed by atoms with Crippen LogP contribution in [0.2, 0.25) is 0 Å². The van der Waals surface area contributed by atoms with E-state index >= 15 is 0 Å². The Morgan fingerprint density at radius 2 is 0.568 bits per heavy atom. The third kappa shape index (κ3) is 4.65. The zero-order chi connectivity index (χ0) is 29.3. The second kappa shape index (κ2) is 11.1. The summed E-state index contributed by atoms with van der Waals surface area (Å²) in [6, 6.07) is 62.7. The number of rotatable bonds is 5. The Balaban J connectivity index is 1.30. The minimum atomic E-state index is 0.972. The van der Waals surface area contributed by atoms with E-state index in [1.165, 1.54) is 49.4 Å². The average molecular weight is 560 g/mol. The van der Waals surface area contributed by atoms with E-state index in [4.69, 9.17) is 4.98 Å². The zero-order valence-electron chi connectivity index (χ0n) is 24.2. The van der Waals surface area contributed by atoms with Crippen molar-refractivity contribution in [2.75, 3.05) is 0 Å². The highest BCUT2D eigenvalue weighted by Crippen LogP contribution is 2.44. The molecule has 8 rings (SSSR count). The highest BCUT2D eigenvalue weighted by molar-refractivity contribution is 6.21. The molecule has 0 aliphatic rings. The number of pyridine rings is 1. The normalized spacial score (nSPS) is 11.2. The van der Waals surface area contributed by atoms with E-state index in [1.54, 1.807) is 0 Å². The molecule has 0 radical (unpaired) electrons. The lowest BCUT2D eigenvalue weighted by atomic mass is 9.85. The first kappa shape index (κ1) is 25.9. The minimum absolute atomic E-state index is 0.972. The highest BCUT2D eigenvalue weighted by atomic mass is 14.7. The van der Waals surface area contributed by atoms with Gasteiger partial charge in [-0.3, -0.25) is 0 Å². The molecular weight excluding hydrogens is 530 g/mol. The molecule has 8 aromatic rings. The zero-order valence-corrected chi connectivity index (χ0v) is 24.2. The van der Waals surface area contributed by atoms with Crippen LogP contribution in [0.15, 0.2) is 176 Å². The maximum absolute atomic E-state index is 5.07. The van der Waals surface area contributed by atoms with Crippen molar-refractivity contribution in [3.63, 3.8) is 0 Å². The Bertz CT molecular complexity index is 2120. The van der Waals surface area contributed by atoms with Crippen molar-refractivity contribution in [3.05, 3.63) is 176 Å². The molecule has 0 unspecified atom stereocenters. The van der Waals surface area contributed by atoms with Crippen molar-refractivity contribution < 1.29 is 0 Å². The number of hydrogen-bond donors (Lipinski definition) is 0. The van der Waals surface area contributed by atoms with Gasteiger partial charge >= 0.3 is 0 Å². The number of benzene rings is 7. The van der Waals surface area contributed by atoms with Gasteiger partial charge in [0, 0.05) is 11.1 Å². The molecule has 44 heavy (non-hydrogen) atoms. The van der Waals surface area contributed by atoms with Crippen LogP contribution in [-0.2, 0) is 0 Å². The summed E-state index contributed by atoms with van der Waals surface area (Å²) in [5, 5.41) is 5.06. The van der Waals surface area contributed by atoms with Gasteiger partial charge in [0.05, 0.1) is 11.4 Å². The summed E-state index contributed by atoms with van der Waals surface area (Å²) in [5.41, 5.74) is 11.5. The molecule has 1 heteroatoms. The van der Waals surface area contributed by atoms with Crippen LogP contribution in [-0.4, -0.2) is 4.98 Å². The molecule has 0 spiro atoms. The van der Waals surface area contributed by atoms with Crippen LogP contribution in [0.3, 0.4) is 0 Å². The lowest BCUT2D eigenvalue weighted by Crippen LogP contribution is -1.92. The first-order chi connectivity index (χ1) is 21.8. The van der Waals surface area contributed by atoms with Crippen LogP contribution < -0.4 is 0 Å². The molecule has 0 aliphatic carbocycles. The second-order valence-corrected chi connectivity index (χ2v) is 11.1. The molecule has 1 nitrogen and oxygen atoms in total. The highest BCUT2D eigenvalue weighted by Gasteiger charge is 2.16. The van der Waals surface area contributed by atoms with Crippen molar-refractivity contribution in [3.8, 4) is 55.9 Å². The first-order valence-electron chi connectivity index (χ1n) is 15.1. The number of hydrogen-bond acceptors (Lipinski definition) is 1. The fourth-order valence-corrected chi connectivity index (χ4v) is 6.40. The van der Waals surface area contributed by atoms with Gasteiger partial charge in [-0.1, -0.05) is 164 Å². The van der Waals surface area contributed by atoms with Crippen molar-refractivity contribution >= 4 is 21.5 Å². The summed E-state index contributed by atoms with van der Waals surface area (Å²) in [6.45, 7) is 0. The monoisotopic (exact) mass is 559 g/mol. The molecule has 206 valence electrons. The van der Waals surface area contributed by atoms with Crippen LogP contribution in [0.5, 0.6) is 0 Å². The van der Waals surface area contributed by atoms with Crippen LogP contribution in [0.1, 0.15) is 0 Å². The van der Waals surface area contributed by atoms with E-state index in [0.717, 1.165) is 28.1 Å². The third-order valence-electron chi connectivity index (χ3n) is 8.47. The van der Waals surface area contributed by atoms with E-state index < -0.39 is 0 Å². The third-order valence-corrected chi connectivity index (χ3v) is 8.47. The molecular formula is C43H29N. The Kier molecular flexibility index (Phi) is 6.55. The molecule has 0 atom stereocenters. The lowest BCUT2D eigenvalue weighted by Gasteiger charge is -2.18. The molecule has 0 amide bonds. The van der Waals surface area contributed by atoms with Crippen LogP contribution in [0.4, 0.5) is 0 Å². The summed E-state index contributed by atoms with van der Waals surface area (Å²) in [4.78, 5) is 5.07. The maximum atomic E-state index is 5.07. The van der Waals surface area contributed by atoms with Crippen LogP contribution in [0, 0.1) is 0 Å². The standard InChI is InChI=1S/C43H29N/c1-4-14-31(15-5-1)40-28-35(29-41(44-40)32-16-6-2-7-17-32)30-24-26-34(27-25-30)43-38-22-12-10-20-36(38)42(33-18-8-3-9-19-33)37-21-11-13-23-39(37)43/h1-29H. The van der Waals surface area contributed by atoms with Gasteiger partial charge in [-0.25, -0.2) is 4.98 Å². The van der Waals surface area contributed by atoms with Crippen LogP contribution >= 0.6 is 0 Å². The van der Waals surface area contributed by atoms with Crippen LogP contribution in [0.25, 0.3) is 77.4 Å². The Morgan fingerprint density at radius 3 is 0.977 bits per heavy atom. The predicted molar refractivity (Wildman–Crippen MR) is 186 cm³/mol. The minimum Gasteiger partial charge on any atom is -0.248 e. The summed E-state index contributed by atoms with van der Waals surface area (Å²) >= 11 is 0. The Labute approximate surface area is 257 Å². The van der Waals surface area contributed by atoms with Gasteiger partial charge in [-0.2, -0.15) is 0 Å². The summed E-state index contributed by atoms with van der Waals surface area (Å²) in [5.74, 6) is 0. The van der Waals surface area contributed by atoms with Crippen molar-refractivity contribution in [2.24, 2.45) is 0 Å². The molecule has 1 aromatic heterocycles. The summed E-state index contributed by atoms with van der Waals surface area (Å²) < 4.78 is 0. The second-order valence-electron chi connectivity index (χ2n) is 11.1. The van der Waals surface area contributed by atoms with E-state index in [0.29, 0.717) is 0 Å². The quantitative estimate of drug-likeness (QED) is 0.191. The average Bonchev–Trinajstić information content (AvgIpc) is 3.11. The van der Waals surface area contributed by atoms with Gasteiger partial charge in [0.2, 0.25) is 0 Å². The van der Waals surface area contributed by atoms with E-state index in [1.807, 2.05) is 12.1 Å². The van der Waals surface area contributed by atoms with E-state index in [2.05, 4.69) is 164 Å². The Hall–Kier alpha value is -5.79. The van der Waals surface area contributed by atoms with Gasteiger partial charge in [-0.05, 0) is 67.1 Å². The molecule has 0 saturated carbocycles. The fraction of sp³-hybridized carbons (Fsp3) is 0. The number of aromatic nitrogens is 1. The predicted octanol–water partition coefficient (Wildman–Crippen LogP) is 11.7. The fourth-order valence-electron chi connectivity index (χ4n) is 6.40. The molecule has 0 bridgehead atoms. The summed E-state index contributed by atoms with van der Waals surface area (Å²) in [6.07, 6.45) is 0. The summed E-state index contributed by atoms with van der Waals surface area (Å²) in [7, 11) is 0. The SMILES string of the molecule is c1ccc(-c2cc(-c3ccc(-c4c5ccccc5c(-c5ccccc5)c5ccccc45)cc3)cc(-c3ccccc3)n2)cc1. The largest absolute Gasteiger partial charge is 0.248 e. The first-order valence-corrected chi connectivity index (χ1v) is 15.1. The molecule has 0 saturated heterocycles. The van der Waals surface area contributed by atoms with Gasteiger partial charge in [0.15, 0.2) is 0 Å². The topological polar surface area (TPSA) is 12.9 Å². The molecule has 0 N–H and O–H groups in total. The van der Waals surface area contributed by atoms with Crippen molar-refractivity contribution in [1.29, 1.82) is 0 Å². The van der Waals surface area contributed by atoms with Gasteiger partial charge in [0.25, 0.3) is 0 Å². The lowest BCUT2D eigenvalue weighted by molar-refractivity contribution is 1.32. The number of fused-ring (bicyclic) bond motifs is 2. The van der Waals surface area contributed by atoms with Crippen molar-refractivity contribution in [1.82, 2.24) is 4.98 Å². The Morgan fingerprint density at radius 1 is 0.250 bits per heavy atom. The van der Waals surface area contributed by atoms with Gasteiger partial charge < -0.3 is 0 Å². The molecule has 0 fully saturated rings. The molecule has 7 aromatic carbocycles. The molecule has 0 aliphatic heterocycles. The van der Waals surface area contributed by atoms with Gasteiger partial charge in [-0.15, -0.1) is 0 Å². The maximum Gasteiger partial charge on any atom is 0.0715 e. The molecule has 1 heterocycles. The van der Waals surface area contributed by atoms with Crippen molar-refractivity contribution in [2.45, 2.75) is 0 Å². The van der Waals surface area contributed by atoms with E-state index in [9.17, 15) is 0 Å². The van der Waals surface area contributed by atoms with E-state index in [-0.39, 0.29) is 0 Å². The number of nitrogens with zero attached hydrogens (tertiary/aromatic N) is 1.